The van der Waals surface area contributed by atoms with Crippen LogP contribution < -0.4 is 10.7 Å². The number of fused-ring (bicyclic) bond motifs is 2. The number of aromatic nitrogens is 1. The molecule has 0 saturated heterocycles. The Morgan fingerprint density at radius 2 is 1.48 bits per heavy atom. The van der Waals surface area contributed by atoms with Crippen molar-refractivity contribution in [2.45, 2.75) is 20.4 Å². The standard InChI is InChI=1S/C23H20N2O2/c1-15-11-12-16(2)19(13-15)24-22(26)14-25-20-9-5-3-7-17(20)23(27)18-8-4-6-10-21(18)25/h3-13H,14H2,1-2H3,(H,24,26). The van der Waals surface area contributed by atoms with Crippen LogP contribution in [0, 0.1) is 13.8 Å². The summed E-state index contributed by atoms with van der Waals surface area (Å²) in [5, 5.41) is 4.25. The quantitative estimate of drug-likeness (QED) is 0.553. The number of anilines is 1. The van der Waals surface area contributed by atoms with Crippen molar-refractivity contribution >= 4 is 33.4 Å². The molecule has 0 aliphatic carbocycles. The molecule has 134 valence electrons. The van der Waals surface area contributed by atoms with E-state index in [1.807, 2.05) is 85.1 Å². The molecule has 0 aliphatic rings. The number of nitrogens with zero attached hydrogens (tertiary/aromatic N) is 1. The van der Waals surface area contributed by atoms with E-state index >= 15 is 0 Å². The lowest BCUT2D eigenvalue weighted by Crippen LogP contribution is -2.22. The lowest BCUT2D eigenvalue weighted by Gasteiger charge is -2.16. The second kappa shape index (κ2) is 6.72. The number of aryl methyl sites for hydroxylation is 2. The molecule has 1 amide bonds. The van der Waals surface area contributed by atoms with Gasteiger partial charge in [0.2, 0.25) is 5.91 Å². The molecule has 4 nitrogen and oxygen atoms in total. The van der Waals surface area contributed by atoms with Crippen LogP contribution in [-0.2, 0) is 11.3 Å². The van der Waals surface area contributed by atoms with Gasteiger partial charge in [-0.3, -0.25) is 9.59 Å². The molecule has 1 N–H and O–H groups in total. The highest BCUT2D eigenvalue weighted by molar-refractivity contribution is 5.97. The van der Waals surface area contributed by atoms with Crippen LogP contribution in [0.1, 0.15) is 11.1 Å². The van der Waals surface area contributed by atoms with Gasteiger partial charge in [0.25, 0.3) is 0 Å². The Balaban J connectivity index is 1.81. The normalized spacial score (nSPS) is 11.0. The molecule has 0 fully saturated rings. The van der Waals surface area contributed by atoms with E-state index in [2.05, 4.69) is 5.32 Å². The van der Waals surface area contributed by atoms with E-state index in [1.54, 1.807) is 0 Å². The minimum atomic E-state index is -0.123. The van der Waals surface area contributed by atoms with Crippen molar-refractivity contribution in [1.29, 1.82) is 0 Å². The predicted octanol–water partition coefficient (Wildman–Crippen LogP) is 4.41. The van der Waals surface area contributed by atoms with Crippen molar-refractivity contribution < 1.29 is 4.79 Å². The smallest absolute Gasteiger partial charge is 0.244 e. The number of hydrogen-bond acceptors (Lipinski definition) is 2. The molecule has 0 aliphatic heterocycles. The Morgan fingerprint density at radius 3 is 2.11 bits per heavy atom. The summed E-state index contributed by atoms with van der Waals surface area (Å²) in [7, 11) is 0. The first kappa shape index (κ1) is 17.0. The van der Waals surface area contributed by atoms with Gasteiger partial charge >= 0.3 is 0 Å². The van der Waals surface area contributed by atoms with Gasteiger partial charge in [-0.15, -0.1) is 0 Å². The van der Waals surface area contributed by atoms with E-state index in [4.69, 9.17) is 0 Å². The van der Waals surface area contributed by atoms with Gasteiger partial charge in [-0.25, -0.2) is 0 Å². The van der Waals surface area contributed by atoms with Gasteiger partial charge in [-0.1, -0.05) is 36.4 Å². The molecule has 0 spiro atoms. The summed E-state index contributed by atoms with van der Waals surface area (Å²) in [6.45, 7) is 4.10. The van der Waals surface area contributed by atoms with E-state index in [-0.39, 0.29) is 17.9 Å². The third kappa shape index (κ3) is 3.10. The Morgan fingerprint density at radius 1 is 0.889 bits per heavy atom. The lowest BCUT2D eigenvalue weighted by molar-refractivity contribution is -0.116. The van der Waals surface area contributed by atoms with Gasteiger partial charge in [-0.05, 0) is 55.3 Å². The average molecular weight is 356 g/mol. The SMILES string of the molecule is Cc1ccc(C)c(NC(=O)Cn2c3ccccc3c(=O)c3ccccc32)c1. The number of nitrogens with one attached hydrogen (secondary N) is 1. The number of pyridine rings is 1. The number of amides is 1. The number of hydrogen-bond donors (Lipinski definition) is 1. The first-order valence-corrected chi connectivity index (χ1v) is 8.92. The van der Waals surface area contributed by atoms with Gasteiger partial charge < -0.3 is 9.88 Å². The summed E-state index contributed by atoms with van der Waals surface area (Å²) in [5.74, 6) is -0.123. The van der Waals surface area contributed by atoms with E-state index < -0.39 is 0 Å². The summed E-state index contributed by atoms with van der Waals surface area (Å²) in [5.41, 5.74) is 4.44. The van der Waals surface area contributed by atoms with Crippen LogP contribution in [0.15, 0.2) is 71.5 Å². The fourth-order valence-corrected chi connectivity index (χ4v) is 3.45. The van der Waals surface area contributed by atoms with Gasteiger partial charge in [0.05, 0.1) is 11.0 Å². The molecule has 4 heteroatoms. The van der Waals surface area contributed by atoms with Gasteiger partial charge in [0.1, 0.15) is 6.54 Å². The molecule has 4 aromatic rings. The molecular weight excluding hydrogens is 336 g/mol. The zero-order chi connectivity index (χ0) is 19.0. The first-order chi connectivity index (χ1) is 13.0. The maximum Gasteiger partial charge on any atom is 0.244 e. The molecule has 27 heavy (non-hydrogen) atoms. The minimum Gasteiger partial charge on any atom is -0.331 e. The van der Waals surface area contributed by atoms with Crippen molar-refractivity contribution in [3.05, 3.63) is 88.1 Å². The van der Waals surface area contributed by atoms with Crippen molar-refractivity contribution in [1.82, 2.24) is 4.57 Å². The molecule has 1 heterocycles. The number of rotatable bonds is 3. The maximum absolute atomic E-state index is 12.8. The van der Waals surface area contributed by atoms with Gasteiger partial charge in [0, 0.05) is 16.5 Å². The summed E-state index contributed by atoms with van der Waals surface area (Å²) < 4.78 is 1.91. The molecule has 4 rings (SSSR count). The topological polar surface area (TPSA) is 51.1 Å². The van der Waals surface area contributed by atoms with Crippen LogP contribution in [0.4, 0.5) is 5.69 Å². The molecular formula is C23H20N2O2. The lowest BCUT2D eigenvalue weighted by atomic mass is 10.1. The zero-order valence-electron chi connectivity index (χ0n) is 15.3. The molecule has 0 unspecified atom stereocenters. The fraction of sp³-hybridized carbons (Fsp3) is 0.130. The van der Waals surface area contributed by atoms with E-state index in [1.165, 1.54) is 0 Å². The zero-order valence-corrected chi connectivity index (χ0v) is 15.3. The van der Waals surface area contributed by atoms with Crippen molar-refractivity contribution in [2.75, 3.05) is 5.32 Å². The molecule has 1 aromatic heterocycles. The maximum atomic E-state index is 12.8. The molecule has 0 bridgehead atoms. The summed E-state index contributed by atoms with van der Waals surface area (Å²) in [4.78, 5) is 25.6. The average Bonchev–Trinajstić information content (AvgIpc) is 2.68. The molecule has 0 atom stereocenters. The van der Waals surface area contributed by atoms with Crippen molar-refractivity contribution in [2.24, 2.45) is 0 Å². The van der Waals surface area contributed by atoms with Crippen LogP contribution in [0.5, 0.6) is 0 Å². The number of para-hydroxylation sites is 2. The van der Waals surface area contributed by atoms with Gasteiger partial charge in [-0.2, -0.15) is 0 Å². The monoisotopic (exact) mass is 356 g/mol. The molecule has 3 aromatic carbocycles. The Labute approximate surface area is 157 Å². The molecule has 0 radical (unpaired) electrons. The van der Waals surface area contributed by atoms with E-state index in [9.17, 15) is 9.59 Å². The highest BCUT2D eigenvalue weighted by Crippen LogP contribution is 2.20. The minimum absolute atomic E-state index is 0.00705. The first-order valence-electron chi connectivity index (χ1n) is 8.92. The highest BCUT2D eigenvalue weighted by atomic mass is 16.2. The summed E-state index contributed by atoms with van der Waals surface area (Å²) in [6, 6.07) is 20.8. The van der Waals surface area contributed by atoms with Crippen LogP contribution in [0.3, 0.4) is 0 Å². The largest absolute Gasteiger partial charge is 0.331 e. The van der Waals surface area contributed by atoms with Crippen LogP contribution in [0.25, 0.3) is 21.8 Å². The Kier molecular flexibility index (Phi) is 4.24. The van der Waals surface area contributed by atoms with Crippen molar-refractivity contribution in [3.8, 4) is 0 Å². The third-order valence-corrected chi connectivity index (χ3v) is 4.85. The van der Waals surface area contributed by atoms with Crippen molar-refractivity contribution in [3.63, 3.8) is 0 Å². The Hall–Kier alpha value is -3.40. The third-order valence-electron chi connectivity index (χ3n) is 4.85. The Bertz CT molecular complexity index is 1180. The molecule has 0 saturated carbocycles. The number of carbonyl (C=O) groups is 1. The van der Waals surface area contributed by atoms with Crippen LogP contribution >= 0.6 is 0 Å². The van der Waals surface area contributed by atoms with E-state index in [0.717, 1.165) is 27.8 Å². The predicted molar refractivity (Wildman–Crippen MR) is 110 cm³/mol. The van der Waals surface area contributed by atoms with Gasteiger partial charge in [0.15, 0.2) is 5.43 Å². The second-order valence-electron chi connectivity index (χ2n) is 6.82. The van der Waals surface area contributed by atoms with Crippen LogP contribution in [0.2, 0.25) is 0 Å². The second-order valence-corrected chi connectivity index (χ2v) is 6.82. The summed E-state index contributed by atoms with van der Waals surface area (Å²) in [6.07, 6.45) is 0. The van der Waals surface area contributed by atoms with Crippen LogP contribution in [-0.4, -0.2) is 10.5 Å². The highest BCUT2D eigenvalue weighted by Gasteiger charge is 2.13. The van der Waals surface area contributed by atoms with E-state index in [0.29, 0.717) is 10.8 Å². The fourth-order valence-electron chi connectivity index (χ4n) is 3.45. The number of benzene rings is 3. The summed E-state index contributed by atoms with van der Waals surface area (Å²) >= 11 is 0. The number of carbonyl (C=O) groups excluding carboxylic acids is 1.